The molecule has 2 heterocycles. The van der Waals surface area contributed by atoms with Crippen LogP contribution in [0.3, 0.4) is 0 Å². The van der Waals surface area contributed by atoms with E-state index in [2.05, 4.69) is 15.3 Å². The van der Waals surface area contributed by atoms with Crippen LogP contribution in [0.2, 0.25) is 0 Å². The van der Waals surface area contributed by atoms with Crippen molar-refractivity contribution in [2.24, 2.45) is 0 Å². The number of carbonyl (C=O) groups excluding carboxylic acids is 1. The van der Waals surface area contributed by atoms with E-state index in [1.165, 1.54) is 23.9 Å². The van der Waals surface area contributed by atoms with Gasteiger partial charge in [-0.25, -0.2) is 9.78 Å². The molecule has 0 saturated heterocycles. The molecule has 2 N–H and O–H groups in total. The van der Waals surface area contributed by atoms with E-state index in [0.29, 0.717) is 11.2 Å². The molecule has 0 aromatic carbocycles. The van der Waals surface area contributed by atoms with Gasteiger partial charge in [-0.15, -0.1) is 0 Å². The summed E-state index contributed by atoms with van der Waals surface area (Å²) >= 11 is 0. The lowest BCUT2D eigenvalue weighted by Crippen LogP contribution is -2.30. The smallest absolute Gasteiger partial charge is 0.330 e. The van der Waals surface area contributed by atoms with Crippen LogP contribution in [0, 0.1) is 0 Å². The summed E-state index contributed by atoms with van der Waals surface area (Å²) in [5.41, 5.74) is -0.333. The highest BCUT2D eigenvalue weighted by Gasteiger charge is 2.27. The first-order chi connectivity index (χ1) is 9.11. The van der Waals surface area contributed by atoms with E-state index in [-0.39, 0.29) is 17.3 Å². The number of nitrogens with zero attached hydrogens (tertiary/aromatic N) is 2. The minimum Gasteiger partial charge on any atom is -0.355 e. The van der Waals surface area contributed by atoms with Gasteiger partial charge in [0.05, 0.1) is 10.9 Å². The Bertz CT molecular complexity index is 786. The molecule has 19 heavy (non-hydrogen) atoms. The maximum atomic E-state index is 11.8. The SMILES string of the molecule is CNC(=O)c1cnc2c(c1)c(=O)[nH]c(=O)n2C1CC1. The maximum Gasteiger partial charge on any atom is 0.330 e. The minimum atomic E-state index is -0.518. The third kappa shape index (κ3) is 1.83. The number of pyridine rings is 1. The molecule has 2 aromatic rings. The highest BCUT2D eigenvalue weighted by molar-refractivity contribution is 5.96. The van der Waals surface area contributed by atoms with Crippen molar-refractivity contribution in [2.75, 3.05) is 7.05 Å². The van der Waals surface area contributed by atoms with Crippen molar-refractivity contribution in [1.29, 1.82) is 0 Å². The lowest BCUT2D eigenvalue weighted by molar-refractivity contribution is 0.0963. The van der Waals surface area contributed by atoms with Gasteiger partial charge in [0, 0.05) is 19.3 Å². The van der Waals surface area contributed by atoms with Crippen molar-refractivity contribution in [3.8, 4) is 0 Å². The summed E-state index contributed by atoms with van der Waals surface area (Å²) in [5.74, 6) is -0.321. The minimum absolute atomic E-state index is 0.102. The largest absolute Gasteiger partial charge is 0.355 e. The summed E-state index contributed by atoms with van der Waals surface area (Å²) in [6.07, 6.45) is 3.18. The molecule has 3 rings (SSSR count). The zero-order valence-corrected chi connectivity index (χ0v) is 10.3. The van der Waals surface area contributed by atoms with Crippen LogP contribution in [0.4, 0.5) is 0 Å². The highest BCUT2D eigenvalue weighted by Crippen LogP contribution is 2.34. The Labute approximate surface area is 107 Å². The molecular weight excluding hydrogens is 248 g/mol. The molecule has 2 aromatic heterocycles. The molecule has 1 aliphatic carbocycles. The Kier molecular flexibility index (Phi) is 2.48. The molecule has 1 saturated carbocycles. The molecule has 0 atom stereocenters. The Morgan fingerprint density at radius 1 is 1.47 bits per heavy atom. The van der Waals surface area contributed by atoms with Gasteiger partial charge >= 0.3 is 5.69 Å². The quantitative estimate of drug-likeness (QED) is 0.780. The molecule has 0 unspecified atom stereocenters. The molecule has 7 nitrogen and oxygen atoms in total. The number of hydrogen-bond acceptors (Lipinski definition) is 4. The summed E-state index contributed by atoms with van der Waals surface area (Å²) in [6.45, 7) is 0. The first kappa shape index (κ1) is 11.6. The van der Waals surface area contributed by atoms with Gasteiger partial charge in [-0.2, -0.15) is 0 Å². The number of aromatic nitrogens is 3. The van der Waals surface area contributed by atoms with Crippen LogP contribution in [0.1, 0.15) is 29.2 Å². The van der Waals surface area contributed by atoms with E-state index in [1.807, 2.05) is 0 Å². The van der Waals surface area contributed by atoms with E-state index in [0.717, 1.165) is 12.8 Å². The third-order valence-corrected chi connectivity index (χ3v) is 3.18. The number of H-pyrrole nitrogens is 1. The summed E-state index contributed by atoms with van der Waals surface area (Å²) in [4.78, 5) is 41.5. The van der Waals surface area contributed by atoms with Crippen molar-refractivity contribution in [3.63, 3.8) is 0 Å². The van der Waals surface area contributed by atoms with E-state index in [4.69, 9.17) is 0 Å². The van der Waals surface area contributed by atoms with Crippen LogP contribution < -0.4 is 16.6 Å². The predicted octanol–water partition coefficient (Wildman–Crippen LogP) is -0.221. The second kappa shape index (κ2) is 4.04. The summed E-state index contributed by atoms with van der Waals surface area (Å²) in [5, 5.41) is 2.72. The number of carbonyl (C=O) groups is 1. The standard InChI is InChI=1S/C12H12N4O3/c1-13-10(17)6-4-8-9(14-5-6)16(7-2-3-7)12(19)15-11(8)18/h4-5,7H,2-3H2,1H3,(H,13,17)(H,15,18,19). The van der Waals surface area contributed by atoms with Gasteiger partial charge in [-0.05, 0) is 18.9 Å². The fraction of sp³-hybridized carbons (Fsp3) is 0.333. The van der Waals surface area contributed by atoms with Gasteiger partial charge in [0.1, 0.15) is 5.65 Å². The van der Waals surface area contributed by atoms with Crippen LogP contribution in [0.5, 0.6) is 0 Å². The van der Waals surface area contributed by atoms with E-state index in [1.54, 1.807) is 0 Å². The zero-order valence-electron chi connectivity index (χ0n) is 10.3. The second-order valence-electron chi connectivity index (χ2n) is 4.53. The fourth-order valence-electron chi connectivity index (χ4n) is 2.08. The van der Waals surface area contributed by atoms with Crippen LogP contribution in [0.15, 0.2) is 21.9 Å². The highest BCUT2D eigenvalue weighted by atomic mass is 16.2. The van der Waals surface area contributed by atoms with E-state index < -0.39 is 11.2 Å². The van der Waals surface area contributed by atoms with Gasteiger partial charge in [0.2, 0.25) is 0 Å². The van der Waals surface area contributed by atoms with E-state index in [9.17, 15) is 14.4 Å². The molecule has 0 aliphatic heterocycles. The van der Waals surface area contributed by atoms with Gasteiger partial charge in [0.25, 0.3) is 11.5 Å². The lowest BCUT2D eigenvalue weighted by atomic mass is 10.2. The Balaban J connectivity index is 2.32. The molecule has 7 heteroatoms. The first-order valence-corrected chi connectivity index (χ1v) is 5.98. The summed E-state index contributed by atoms with van der Waals surface area (Å²) < 4.78 is 1.49. The van der Waals surface area contributed by atoms with Crippen molar-refractivity contribution in [3.05, 3.63) is 38.7 Å². The van der Waals surface area contributed by atoms with Gasteiger partial charge in [-0.3, -0.25) is 19.1 Å². The molecule has 0 radical (unpaired) electrons. The van der Waals surface area contributed by atoms with Crippen LogP contribution in [-0.4, -0.2) is 27.5 Å². The van der Waals surface area contributed by atoms with Gasteiger partial charge < -0.3 is 5.32 Å². The normalized spacial score (nSPS) is 14.6. The Morgan fingerprint density at radius 3 is 2.84 bits per heavy atom. The monoisotopic (exact) mass is 260 g/mol. The third-order valence-electron chi connectivity index (χ3n) is 3.18. The van der Waals surface area contributed by atoms with Crippen molar-refractivity contribution < 1.29 is 4.79 Å². The zero-order chi connectivity index (χ0) is 13.6. The molecule has 1 aliphatic rings. The topological polar surface area (TPSA) is 96.8 Å². The Morgan fingerprint density at radius 2 is 2.21 bits per heavy atom. The average Bonchev–Trinajstić information content (AvgIpc) is 3.22. The average molecular weight is 260 g/mol. The summed E-state index contributed by atoms with van der Waals surface area (Å²) in [6, 6.07) is 1.56. The second-order valence-corrected chi connectivity index (χ2v) is 4.53. The van der Waals surface area contributed by atoms with Gasteiger partial charge in [-0.1, -0.05) is 0 Å². The Hall–Kier alpha value is -2.44. The molecule has 1 amide bonds. The number of nitrogens with one attached hydrogen (secondary N) is 2. The number of aromatic amines is 1. The molecule has 1 fully saturated rings. The van der Waals surface area contributed by atoms with Crippen LogP contribution >= 0.6 is 0 Å². The molecule has 0 bridgehead atoms. The number of hydrogen-bond donors (Lipinski definition) is 2. The number of rotatable bonds is 2. The molecular formula is C12H12N4O3. The van der Waals surface area contributed by atoms with Crippen molar-refractivity contribution in [2.45, 2.75) is 18.9 Å². The van der Waals surface area contributed by atoms with Crippen LogP contribution in [-0.2, 0) is 0 Å². The van der Waals surface area contributed by atoms with Gasteiger partial charge in [0.15, 0.2) is 0 Å². The number of fused-ring (bicyclic) bond motifs is 1. The predicted molar refractivity (Wildman–Crippen MR) is 68.3 cm³/mol. The first-order valence-electron chi connectivity index (χ1n) is 5.98. The van der Waals surface area contributed by atoms with Crippen LogP contribution in [0.25, 0.3) is 11.0 Å². The maximum absolute atomic E-state index is 11.8. The summed E-state index contributed by atoms with van der Waals surface area (Å²) in [7, 11) is 1.50. The van der Waals surface area contributed by atoms with Crippen molar-refractivity contribution >= 4 is 16.9 Å². The van der Waals surface area contributed by atoms with E-state index >= 15 is 0 Å². The number of amides is 1. The van der Waals surface area contributed by atoms with Crippen molar-refractivity contribution in [1.82, 2.24) is 19.9 Å². The fourth-order valence-corrected chi connectivity index (χ4v) is 2.08. The lowest BCUT2D eigenvalue weighted by Gasteiger charge is -2.07. The molecule has 0 spiro atoms. The molecule has 98 valence electrons.